The van der Waals surface area contributed by atoms with Crippen LogP contribution in [0.3, 0.4) is 0 Å². The Morgan fingerprint density at radius 3 is 2.68 bits per heavy atom. The van der Waals surface area contributed by atoms with Gasteiger partial charge in [0.05, 0.1) is 25.4 Å². The van der Waals surface area contributed by atoms with Crippen molar-refractivity contribution in [2.24, 2.45) is 5.16 Å². The lowest BCUT2D eigenvalue weighted by Gasteiger charge is -2.31. The van der Waals surface area contributed by atoms with E-state index in [1.807, 2.05) is 4.90 Å². The zero-order chi connectivity index (χ0) is 19.9. The number of esters is 1. The van der Waals surface area contributed by atoms with E-state index in [0.717, 1.165) is 5.71 Å². The number of halogens is 1. The predicted octanol–water partition coefficient (Wildman–Crippen LogP) is 2.18. The van der Waals surface area contributed by atoms with E-state index in [-0.39, 0.29) is 31.6 Å². The molecule has 0 saturated carbocycles. The van der Waals surface area contributed by atoms with Crippen molar-refractivity contribution in [3.05, 3.63) is 42.0 Å². The average molecular weight is 388 g/mol. The van der Waals surface area contributed by atoms with Crippen LogP contribution in [0.4, 0.5) is 10.3 Å². The second-order valence-electron chi connectivity index (χ2n) is 6.17. The summed E-state index contributed by atoms with van der Waals surface area (Å²) in [5.41, 5.74) is 2.37. The fourth-order valence-corrected chi connectivity index (χ4v) is 2.65. The van der Waals surface area contributed by atoms with E-state index in [0.29, 0.717) is 35.7 Å². The Hall–Kier alpha value is -3.07. The molecule has 0 aliphatic carbocycles. The third-order valence-electron chi connectivity index (χ3n) is 4.03. The molecule has 2 aromatic rings. The van der Waals surface area contributed by atoms with E-state index in [1.54, 1.807) is 30.6 Å². The van der Waals surface area contributed by atoms with Gasteiger partial charge in [0.2, 0.25) is 5.95 Å². The molecule has 1 aromatic carbocycles. The largest absolute Gasteiger partial charge is 0.462 e. The summed E-state index contributed by atoms with van der Waals surface area (Å²) < 4.78 is 24.3. The third kappa shape index (κ3) is 4.80. The molecule has 2 heterocycles. The summed E-state index contributed by atoms with van der Waals surface area (Å²) in [7, 11) is 1.53. The number of rotatable bonds is 8. The first-order chi connectivity index (χ1) is 13.6. The normalized spacial score (nSPS) is 13.1. The van der Waals surface area contributed by atoms with Crippen LogP contribution in [0.25, 0.3) is 11.1 Å². The molecule has 1 saturated heterocycles. The van der Waals surface area contributed by atoms with E-state index in [2.05, 4.69) is 15.1 Å². The smallest absolute Gasteiger partial charge is 0.302 e. The van der Waals surface area contributed by atoms with Gasteiger partial charge in [-0.15, -0.1) is 0 Å². The lowest BCUT2D eigenvalue weighted by atomic mass is 10.1. The summed E-state index contributed by atoms with van der Waals surface area (Å²) in [6, 6.07) is 5.15. The van der Waals surface area contributed by atoms with Crippen LogP contribution in [0, 0.1) is 5.82 Å². The van der Waals surface area contributed by atoms with Gasteiger partial charge in [0.25, 0.3) is 0 Å². The minimum absolute atomic E-state index is 0.169. The standard InChI is InChI=1S/C19H21FN4O4/c1-13(25)27-6-7-28-23-16-10-24(11-16)19-21-8-15(9-22-19)17-5-3-4-14(12-26-2)18(17)20/h3-5,8-9H,6-7,10-12H2,1-2H3. The summed E-state index contributed by atoms with van der Waals surface area (Å²) in [5.74, 6) is -0.141. The van der Waals surface area contributed by atoms with Crippen LogP contribution < -0.4 is 4.90 Å². The van der Waals surface area contributed by atoms with Crippen molar-refractivity contribution >= 4 is 17.6 Å². The van der Waals surface area contributed by atoms with Crippen LogP contribution in [-0.4, -0.2) is 55.1 Å². The summed E-state index contributed by atoms with van der Waals surface area (Å²) in [6.07, 6.45) is 3.20. The minimum atomic E-state index is -0.350. The van der Waals surface area contributed by atoms with Gasteiger partial charge < -0.3 is 19.2 Å². The first-order valence-corrected chi connectivity index (χ1v) is 8.73. The van der Waals surface area contributed by atoms with Gasteiger partial charge in [0.15, 0.2) is 6.61 Å². The van der Waals surface area contributed by atoms with Gasteiger partial charge in [-0.25, -0.2) is 14.4 Å². The van der Waals surface area contributed by atoms with E-state index in [4.69, 9.17) is 14.3 Å². The number of benzene rings is 1. The minimum Gasteiger partial charge on any atom is -0.462 e. The molecule has 0 spiro atoms. The first kappa shape index (κ1) is 19.7. The molecule has 1 fully saturated rings. The van der Waals surface area contributed by atoms with E-state index < -0.39 is 0 Å². The number of carbonyl (C=O) groups is 1. The maximum absolute atomic E-state index is 14.5. The highest BCUT2D eigenvalue weighted by molar-refractivity contribution is 5.98. The van der Waals surface area contributed by atoms with Crippen molar-refractivity contribution in [2.45, 2.75) is 13.5 Å². The first-order valence-electron chi connectivity index (χ1n) is 8.73. The quantitative estimate of drug-likeness (QED) is 0.389. The molecule has 0 radical (unpaired) electrons. The topological polar surface area (TPSA) is 86.1 Å². The molecule has 1 aliphatic heterocycles. The summed E-state index contributed by atoms with van der Waals surface area (Å²) in [5, 5.41) is 3.97. The van der Waals surface area contributed by atoms with Gasteiger partial charge in [0, 0.05) is 43.1 Å². The van der Waals surface area contributed by atoms with Gasteiger partial charge in [-0.05, 0) is 0 Å². The van der Waals surface area contributed by atoms with Crippen molar-refractivity contribution in [1.82, 2.24) is 9.97 Å². The Labute approximate surface area is 161 Å². The SMILES string of the molecule is COCc1cccc(-c2cnc(N3CC(=NOCCOC(C)=O)C3)nc2)c1F. The number of nitrogens with zero attached hydrogens (tertiary/aromatic N) is 4. The molecule has 0 N–H and O–H groups in total. The zero-order valence-corrected chi connectivity index (χ0v) is 15.7. The lowest BCUT2D eigenvalue weighted by Crippen LogP contribution is -2.48. The monoisotopic (exact) mass is 388 g/mol. The molecular weight excluding hydrogens is 367 g/mol. The Kier molecular flexibility index (Phi) is 6.49. The molecule has 3 rings (SSSR count). The van der Waals surface area contributed by atoms with Crippen LogP contribution in [0.5, 0.6) is 0 Å². The Bertz CT molecular complexity index is 850. The molecule has 0 amide bonds. The fraction of sp³-hybridized carbons (Fsp3) is 0.368. The Morgan fingerprint density at radius 2 is 2.00 bits per heavy atom. The average Bonchev–Trinajstić information content (AvgIpc) is 2.65. The molecule has 0 atom stereocenters. The molecule has 1 aromatic heterocycles. The number of ether oxygens (including phenoxy) is 2. The molecule has 0 unspecified atom stereocenters. The molecule has 9 heteroatoms. The predicted molar refractivity (Wildman–Crippen MR) is 100 cm³/mol. The Morgan fingerprint density at radius 1 is 1.25 bits per heavy atom. The van der Waals surface area contributed by atoms with Gasteiger partial charge in [-0.2, -0.15) is 0 Å². The van der Waals surface area contributed by atoms with Crippen LogP contribution in [0.2, 0.25) is 0 Å². The summed E-state index contributed by atoms with van der Waals surface area (Å²) >= 11 is 0. The van der Waals surface area contributed by atoms with Crippen LogP contribution in [0.1, 0.15) is 12.5 Å². The van der Waals surface area contributed by atoms with Crippen molar-refractivity contribution in [3.63, 3.8) is 0 Å². The van der Waals surface area contributed by atoms with Crippen LogP contribution in [0.15, 0.2) is 35.7 Å². The summed E-state index contributed by atoms with van der Waals surface area (Å²) in [6.45, 7) is 3.02. The fourth-order valence-electron chi connectivity index (χ4n) is 2.65. The van der Waals surface area contributed by atoms with E-state index >= 15 is 0 Å². The lowest BCUT2D eigenvalue weighted by molar-refractivity contribution is -0.142. The summed E-state index contributed by atoms with van der Waals surface area (Å²) in [4.78, 5) is 26.3. The van der Waals surface area contributed by atoms with E-state index in [9.17, 15) is 9.18 Å². The number of methoxy groups -OCH3 is 1. The van der Waals surface area contributed by atoms with Crippen molar-refractivity contribution in [2.75, 3.05) is 38.3 Å². The molecule has 0 bridgehead atoms. The number of anilines is 1. The molecule has 148 valence electrons. The van der Waals surface area contributed by atoms with Crippen molar-refractivity contribution < 1.29 is 23.5 Å². The van der Waals surface area contributed by atoms with Crippen LogP contribution >= 0.6 is 0 Å². The molecule has 1 aliphatic rings. The van der Waals surface area contributed by atoms with E-state index in [1.165, 1.54) is 14.0 Å². The second-order valence-corrected chi connectivity index (χ2v) is 6.17. The highest BCUT2D eigenvalue weighted by atomic mass is 19.1. The van der Waals surface area contributed by atoms with Gasteiger partial charge in [0.1, 0.15) is 12.4 Å². The Balaban J connectivity index is 1.55. The molecular formula is C19H21FN4O4. The number of aromatic nitrogens is 2. The van der Waals surface area contributed by atoms with Crippen LogP contribution in [-0.2, 0) is 25.7 Å². The zero-order valence-electron chi connectivity index (χ0n) is 15.7. The van der Waals surface area contributed by atoms with Crippen molar-refractivity contribution in [1.29, 1.82) is 0 Å². The van der Waals surface area contributed by atoms with Gasteiger partial charge in [-0.3, -0.25) is 4.79 Å². The molecule has 8 nitrogen and oxygen atoms in total. The maximum atomic E-state index is 14.5. The number of carbonyl (C=O) groups excluding carboxylic acids is 1. The molecule has 28 heavy (non-hydrogen) atoms. The highest BCUT2D eigenvalue weighted by Crippen LogP contribution is 2.25. The van der Waals surface area contributed by atoms with Crippen molar-refractivity contribution in [3.8, 4) is 11.1 Å². The third-order valence-corrected chi connectivity index (χ3v) is 4.03. The number of hydrogen-bond acceptors (Lipinski definition) is 8. The highest BCUT2D eigenvalue weighted by Gasteiger charge is 2.25. The number of oxime groups is 1. The van der Waals surface area contributed by atoms with Gasteiger partial charge in [-0.1, -0.05) is 23.4 Å². The second kappa shape index (κ2) is 9.23. The number of hydrogen-bond donors (Lipinski definition) is 0. The van der Waals surface area contributed by atoms with Gasteiger partial charge >= 0.3 is 5.97 Å². The maximum Gasteiger partial charge on any atom is 0.302 e.